The van der Waals surface area contributed by atoms with E-state index in [0.717, 1.165) is 33.1 Å². The van der Waals surface area contributed by atoms with Gasteiger partial charge in [0.15, 0.2) is 5.16 Å². The number of aromatic nitrogens is 2. The molecule has 0 radical (unpaired) electrons. The van der Waals surface area contributed by atoms with Gasteiger partial charge in [0.1, 0.15) is 4.83 Å². The molecule has 0 amide bonds. The Kier molecular flexibility index (Phi) is 5.67. The maximum atomic E-state index is 13.7. The molecule has 3 nitrogen and oxygen atoms in total. The Bertz CT molecular complexity index is 1110. The molecular formula is C21H21ClN2OS3. The molecular weight excluding hydrogens is 428 g/mol. The van der Waals surface area contributed by atoms with Crippen molar-refractivity contribution in [3.63, 3.8) is 0 Å². The van der Waals surface area contributed by atoms with Crippen molar-refractivity contribution in [2.45, 2.75) is 42.8 Å². The second-order valence-electron chi connectivity index (χ2n) is 7.38. The van der Waals surface area contributed by atoms with Crippen LogP contribution < -0.4 is 5.56 Å². The van der Waals surface area contributed by atoms with E-state index in [1.807, 2.05) is 55.1 Å². The maximum Gasteiger partial charge on any atom is 0.267 e. The maximum absolute atomic E-state index is 13.7. The molecule has 4 rings (SSSR count). The minimum absolute atomic E-state index is 0.0328. The molecule has 0 saturated heterocycles. The molecule has 0 aliphatic carbocycles. The minimum Gasteiger partial charge on any atom is -0.268 e. The van der Waals surface area contributed by atoms with E-state index in [1.165, 1.54) is 22.2 Å². The van der Waals surface area contributed by atoms with E-state index >= 15 is 0 Å². The number of allylic oxidation sites excluding steroid dienone is 1. The largest absolute Gasteiger partial charge is 0.268 e. The zero-order valence-corrected chi connectivity index (χ0v) is 19.2. The number of rotatable bonds is 4. The zero-order chi connectivity index (χ0) is 19.9. The monoisotopic (exact) mass is 448 g/mol. The molecule has 1 aliphatic heterocycles. The molecule has 146 valence electrons. The number of thiophene rings is 1. The van der Waals surface area contributed by atoms with Gasteiger partial charge in [-0.1, -0.05) is 61.5 Å². The molecule has 0 fully saturated rings. The highest BCUT2D eigenvalue weighted by atomic mass is 35.5. The van der Waals surface area contributed by atoms with Gasteiger partial charge in [0.2, 0.25) is 0 Å². The average molecular weight is 449 g/mol. The van der Waals surface area contributed by atoms with Crippen LogP contribution in [0.15, 0.2) is 51.4 Å². The number of nitrogens with zero attached hydrogens (tertiary/aromatic N) is 2. The van der Waals surface area contributed by atoms with E-state index in [4.69, 9.17) is 16.6 Å². The van der Waals surface area contributed by atoms with E-state index in [0.29, 0.717) is 10.9 Å². The molecule has 1 aromatic carbocycles. The fraction of sp³-hybridized carbons (Fsp3) is 0.333. The van der Waals surface area contributed by atoms with Gasteiger partial charge in [0, 0.05) is 26.2 Å². The first-order valence-corrected chi connectivity index (χ1v) is 12.2. The molecule has 28 heavy (non-hydrogen) atoms. The molecule has 0 spiro atoms. The first kappa shape index (κ1) is 20.1. The van der Waals surface area contributed by atoms with Crippen molar-refractivity contribution in [2.75, 3.05) is 5.75 Å². The number of benzene rings is 1. The van der Waals surface area contributed by atoms with Crippen molar-refractivity contribution in [3.05, 3.63) is 62.2 Å². The average Bonchev–Trinajstić information content (AvgIpc) is 2.99. The lowest BCUT2D eigenvalue weighted by molar-refractivity contribution is 0.698. The molecule has 2 aromatic heterocycles. The Hall–Kier alpha value is -1.21. The van der Waals surface area contributed by atoms with Gasteiger partial charge in [-0.25, -0.2) is 4.98 Å². The molecule has 3 aromatic rings. The smallest absolute Gasteiger partial charge is 0.267 e. The number of thioether (sulfide) groups is 2. The van der Waals surface area contributed by atoms with Crippen molar-refractivity contribution < 1.29 is 0 Å². The summed E-state index contributed by atoms with van der Waals surface area (Å²) >= 11 is 11.1. The Morgan fingerprint density at radius 3 is 2.82 bits per heavy atom. The standard InChI is InChI=1S/C21H21ClN2OS3/c1-13(22)9-10-26-20-23-18-17(15-11-21(2,3)27-12-16(15)28-18)19(25)24(20)14-7-5-4-6-8-14/h4-9H,10-12H2,1-3H3/b13-9+. The number of hydrogen-bond donors (Lipinski definition) is 0. The summed E-state index contributed by atoms with van der Waals surface area (Å²) < 4.78 is 1.90. The second kappa shape index (κ2) is 7.90. The van der Waals surface area contributed by atoms with Crippen molar-refractivity contribution in [1.82, 2.24) is 9.55 Å². The van der Waals surface area contributed by atoms with Crippen LogP contribution in [0.5, 0.6) is 0 Å². The molecule has 0 saturated carbocycles. The Morgan fingerprint density at radius 2 is 2.11 bits per heavy atom. The van der Waals surface area contributed by atoms with Crippen LogP contribution in [0.4, 0.5) is 0 Å². The number of para-hydroxylation sites is 1. The van der Waals surface area contributed by atoms with Gasteiger partial charge in [0.05, 0.1) is 11.1 Å². The summed E-state index contributed by atoms with van der Waals surface area (Å²) in [4.78, 5) is 20.7. The van der Waals surface area contributed by atoms with Gasteiger partial charge in [-0.2, -0.15) is 0 Å². The molecule has 0 atom stereocenters. The molecule has 1 aliphatic rings. The van der Waals surface area contributed by atoms with Crippen molar-refractivity contribution >= 4 is 56.7 Å². The van der Waals surface area contributed by atoms with Gasteiger partial charge >= 0.3 is 0 Å². The predicted molar refractivity (Wildman–Crippen MR) is 125 cm³/mol. The highest BCUT2D eigenvalue weighted by Crippen LogP contribution is 2.44. The highest BCUT2D eigenvalue weighted by molar-refractivity contribution is 8.00. The van der Waals surface area contributed by atoms with Crippen molar-refractivity contribution in [1.29, 1.82) is 0 Å². The molecule has 0 unspecified atom stereocenters. The highest BCUT2D eigenvalue weighted by Gasteiger charge is 2.31. The van der Waals surface area contributed by atoms with Crippen LogP contribution in [0, 0.1) is 0 Å². The van der Waals surface area contributed by atoms with Crippen molar-refractivity contribution in [2.24, 2.45) is 0 Å². The van der Waals surface area contributed by atoms with E-state index < -0.39 is 0 Å². The third-order valence-electron chi connectivity index (χ3n) is 4.67. The second-order valence-corrected chi connectivity index (χ2v) is 11.7. The summed E-state index contributed by atoms with van der Waals surface area (Å²) in [5.41, 5.74) is 2.07. The van der Waals surface area contributed by atoms with E-state index in [9.17, 15) is 4.79 Å². The van der Waals surface area contributed by atoms with Gasteiger partial charge in [0.25, 0.3) is 5.56 Å². The number of fused-ring (bicyclic) bond motifs is 3. The Labute approximate surface area is 182 Å². The van der Waals surface area contributed by atoms with Gasteiger partial charge in [-0.15, -0.1) is 23.1 Å². The lowest BCUT2D eigenvalue weighted by Gasteiger charge is -2.28. The molecule has 7 heteroatoms. The summed E-state index contributed by atoms with van der Waals surface area (Å²) in [6, 6.07) is 9.78. The summed E-state index contributed by atoms with van der Waals surface area (Å²) in [5, 5.41) is 2.25. The van der Waals surface area contributed by atoms with Gasteiger partial charge in [-0.3, -0.25) is 9.36 Å². The normalized spacial score (nSPS) is 16.4. The van der Waals surface area contributed by atoms with Gasteiger partial charge in [-0.05, 0) is 31.0 Å². The van der Waals surface area contributed by atoms with Crippen LogP contribution in [0.3, 0.4) is 0 Å². The first-order valence-electron chi connectivity index (χ1n) is 9.07. The summed E-state index contributed by atoms with van der Waals surface area (Å²) in [6.45, 7) is 6.35. The fourth-order valence-electron chi connectivity index (χ4n) is 3.31. The Balaban J connectivity index is 1.93. The summed E-state index contributed by atoms with van der Waals surface area (Å²) in [7, 11) is 0. The van der Waals surface area contributed by atoms with E-state index in [-0.39, 0.29) is 10.3 Å². The molecule has 0 N–H and O–H groups in total. The summed E-state index contributed by atoms with van der Waals surface area (Å²) in [5.74, 6) is 1.62. The SMILES string of the molecule is C/C(Cl)=C\CSc1nc2sc3c(c2c(=O)n1-c1ccccc1)CC(C)(C)SC3. The van der Waals surface area contributed by atoms with Crippen LogP contribution in [0.2, 0.25) is 0 Å². The predicted octanol–water partition coefficient (Wildman–Crippen LogP) is 6.25. The quantitative estimate of drug-likeness (QED) is 0.349. The molecule has 3 heterocycles. The third kappa shape index (κ3) is 3.92. The molecule has 0 bridgehead atoms. The van der Waals surface area contributed by atoms with Gasteiger partial charge < -0.3 is 0 Å². The lowest BCUT2D eigenvalue weighted by atomic mass is 10.00. The number of hydrogen-bond acceptors (Lipinski definition) is 5. The van der Waals surface area contributed by atoms with Crippen LogP contribution in [-0.2, 0) is 12.2 Å². The number of halogens is 1. The Morgan fingerprint density at radius 1 is 1.36 bits per heavy atom. The summed E-state index contributed by atoms with van der Waals surface area (Å²) in [6.07, 6.45) is 2.84. The van der Waals surface area contributed by atoms with E-state index in [1.54, 1.807) is 15.9 Å². The first-order chi connectivity index (χ1) is 13.4. The van der Waals surface area contributed by atoms with Crippen LogP contribution >= 0.6 is 46.5 Å². The topological polar surface area (TPSA) is 34.9 Å². The van der Waals surface area contributed by atoms with Crippen molar-refractivity contribution in [3.8, 4) is 5.69 Å². The zero-order valence-electron chi connectivity index (χ0n) is 16.0. The lowest BCUT2D eigenvalue weighted by Crippen LogP contribution is -2.26. The fourth-order valence-corrected chi connectivity index (χ4v) is 6.82. The van der Waals surface area contributed by atoms with E-state index in [2.05, 4.69) is 13.8 Å². The van der Waals surface area contributed by atoms with Crippen LogP contribution in [0.25, 0.3) is 15.9 Å². The minimum atomic E-state index is 0.0328. The van der Waals surface area contributed by atoms with Crippen LogP contribution in [-0.4, -0.2) is 20.1 Å². The van der Waals surface area contributed by atoms with Crippen LogP contribution in [0.1, 0.15) is 31.2 Å². The third-order valence-corrected chi connectivity index (χ3v) is 8.35.